The zero-order valence-corrected chi connectivity index (χ0v) is 17.1. The van der Waals surface area contributed by atoms with Crippen LogP contribution in [0.3, 0.4) is 0 Å². The summed E-state index contributed by atoms with van der Waals surface area (Å²) >= 11 is 3.21. The Balaban J connectivity index is 1.69. The Hall–Kier alpha value is -2.40. The third kappa shape index (κ3) is 3.90. The Bertz CT molecular complexity index is 1030. The van der Waals surface area contributed by atoms with Gasteiger partial charge in [-0.1, -0.05) is 11.3 Å². The van der Waals surface area contributed by atoms with E-state index in [2.05, 4.69) is 12.1 Å². The number of thiazole rings is 1. The largest absolute Gasteiger partial charge is 0.376 e. The molecule has 7 heteroatoms. The molecular weight excluding hydrogens is 390 g/mol. The van der Waals surface area contributed by atoms with E-state index in [1.165, 1.54) is 16.2 Å². The molecule has 1 amide bonds. The fourth-order valence-corrected chi connectivity index (χ4v) is 4.75. The molecule has 1 aliphatic heterocycles. The normalized spacial score (nSPS) is 16.2. The third-order valence-electron chi connectivity index (χ3n) is 4.73. The van der Waals surface area contributed by atoms with E-state index in [0.717, 1.165) is 29.7 Å². The minimum Gasteiger partial charge on any atom is -0.376 e. The Labute approximate surface area is 171 Å². The summed E-state index contributed by atoms with van der Waals surface area (Å²) in [5.41, 5.74) is 1.97. The van der Waals surface area contributed by atoms with Gasteiger partial charge in [0, 0.05) is 17.1 Å². The summed E-state index contributed by atoms with van der Waals surface area (Å²) in [6, 6.07) is 15.0. The highest BCUT2D eigenvalue weighted by Crippen LogP contribution is 2.33. The fraction of sp³-hybridized carbons (Fsp3) is 0.286. The number of aromatic nitrogens is 1. The lowest BCUT2D eigenvalue weighted by molar-refractivity contribution is 0.0917. The van der Waals surface area contributed by atoms with Crippen molar-refractivity contribution in [3.05, 3.63) is 53.6 Å². The van der Waals surface area contributed by atoms with Gasteiger partial charge in [0.15, 0.2) is 5.13 Å². The van der Waals surface area contributed by atoms with Gasteiger partial charge in [-0.25, -0.2) is 4.98 Å². The Kier molecular flexibility index (Phi) is 5.62. The quantitative estimate of drug-likeness (QED) is 0.571. The fourth-order valence-electron chi connectivity index (χ4n) is 3.22. The number of benzene rings is 2. The predicted octanol–water partition coefficient (Wildman–Crippen LogP) is 4.72. The standard InChI is InChI=1S/C21H19N3O2S2/c1-27-17-8-9-18-19(11-17)28-21(23-18)24(13-16-3-2-10-26-16)20(25)15-6-4-14(12-22)5-7-15/h4-9,11,16H,2-3,10,13H2,1H3/t16-/m1/s1. The van der Waals surface area contributed by atoms with Gasteiger partial charge in [0.1, 0.15) is 0 Å². The molecule has 142 valence electrons. The van der Waals surface area contributed by atoms with Gasteiger partial charge in [-0.05, 0) is 61.6 Å². The van der Waals surface area contributed by atoms with E-state index >= 15 is 0 Å². The van der Waals surface area contributed by atoms with Crippen LogP contribution >= 0.6 is 23.1 Å². The molecule has 1 aliphatic rings. The van der Waals surface area contributed by atoms with Crippen molar-refractivity contribution >= 4 is 44.4 Å². The number of fused-ring (bicyclic) bond motifs is 1. The first-order chi connectivity index (χ1) is 13.7. The van der Waals surface area contributed by atoms with Crippen LogP contribution in [0.25, 0.3) is 10.2 Å². The molecule has 2 heterocycles. The number of carbonyl (C=O) groups excluding carboxylic acids is 1. The SMILES string of the molecule is CSc1ccc2nc(N(C[C@H]3CCCO3)C(=O)c3ccc(C#N)cc3)sc2c1. The average molecular weight is 410 g/mol. The second-order valence-corrected chi connectivity index (χ2v) is 8.46. The van der Waals surface area contributed by atoms with E-state index < -0.39 is 0 Å². The summed E-state index contributed by atoms with van der Waals surface area (Å²) in [6.45, 7) is 1.22. The van der Waals surface area contributed by atoms with Crippen LogP contribution in [0, 0.1) is 11.3 Å². The molecule has 0 bridgehead atoms. The zero-order chi connectivity index (χ0) is 19.5. The van der Waals surface area contributed by atoms with Gasteiger partial charge in [-0.15, -0.1) is 11.8 Å². The maximum atomic E-state index is 13.3. The summed E-state index contributed by atoms with van der Waals surface area (Å²) in [6.07, 6.45) is 4.02. The number of thioether (sulfide) groups is 1. The molecule has 3 aromatic rings. The number of hydrogen-bond acceptors (Lipinski definition) is 6. The number of nitrogens with zero attached hydrogens (tertiary/aromatic N) is 3. The summed E-state index contributed by atoms with van der Waals surface area (Å²) in [4.78, 5) is 20.9. The topological polar surface area (TPSA) is 66.2 Å². The van der Waals surface area contributed by atoms with Crippen LogP contribution in [0.1, 0.15) is 28.8 Å². The molecule has 0 unspecified atom stereocenters. The summed E-state index contributed by atoms with van der Waals surface area (Å²) in [5.74, 6) is -0.121. The molecule has 1 aromatic heterocycles. The maximum Gasteiger partial charge on any atom is 0.260 e. The first kappa shape index (κ1) is 18.9. The van der Waals surface area contributed by atoms with Crippen LogP contribution in [-0.4, -0.2) is 36.4 Å². The lowest BCUT2D eigenvalue weighted by Gasteiger charge is -2.23. The molecule has 0 radical (unpaired) electrons. The van der Waals surface area contributed by atoms with Crippen molar-refractivity contribution in [3.8, 4) is 6.07 Å². The highest BCUT2D eigenvalue weighted by atomic mass is 32.2. The first-order valence-corrected chi connectivity index (χ1v) is 11.1. The smallest absolute Gasteiger partial charge is 0.260 e. The van der Waals surface area contributed by atoms with Crippen molar-refractivity contribution in [1.82, 2.24) is 4.98 Å². The molecule has 1 saturated heterocycles. The van der Waals surface area contributed by atoms with Gasteiger partial charge in [-0.3, -0.25) is 9.69 Å². The van der Waals surface area contributed by atoms with E-state index in [0.29, 0.717) is 22.8 Å². The number of carbonyl (C=O) groups is 1. The van der Waals surface area contributed by atoms with Crippen molar-refractivity contribution < 1.29 is 9.53 Å². The van der Waals surface area contributed by atoms with Gasteiger partial charge >= 0.3 is 0 Å². The van der Waals surface area contributed by atoms with Gasteiger partial charge in [0.25, 0.3) is 5.91 Å². The Morgan fingerprint density at radius 2 is 2.18 bits per heavy atom. The summed E-state index contributed by atoms with van der Waals surface area (Å²) < 4.78 is 6.84. The van der Waals surface area contributed by atoms with Crippen molar-refractivity contribution in [2.24, 2.45) is 0 Å². The minimum absolute atomic E-state index is 0.0242. The van der Waals surface area contributed by atoms with Crippen LogP contribution in [-0.2, 0) is 4.74 Å². The molecule has 0 saturated carbocycles. The van der Waals surface area contributed by atoms with Crippen molar-refractivity contribution in [1.29, 1.82) is 5.26 Å². The monoisotopic (exact) mass is 409 g/mol. The molecule has 4 rings (SSSR count). The molecule has 1 fully saturated rings. The summed E-state index contributed by atoms with van der Waals surface area (Å²) in [5, 5.41) is 9.67. The molecule has 0 N–H and O–H groups in total. The Morgan fingerprint density at radius 3 is 2.86 bits per heavy atom. The van der Waals surface area contributed by atoms with Crippen molar-refractivity contribution in [2.45, 2.75) is 23.8 Å². The van der Waals surface area contributed by atoms with Crippen molar-refractivity contribution in [3.63, 3.8) is 0 Å². The van der Waals surface area contributed by atoms with Crippen LogP contribution in [0.4, 0.5) is 5.13 Å². The second kappa shape index (κ2) is 8.31. The zero-order valence-electron chi connectivity index (χ0n) is 15.4. The minimum atomic E-state index is -0.121. The Morgan fingerprint density at radius 1 is 1.36 bits per heavy atom. The van der Waals surface area contributed by atoms with Gasteiger partial charge < -0.3 is 4.74 Å². The molecule has 5 nitrogen and oxygen atoms in total. The number of ether oxygens (including phenoxy) is 1. The number of nitriles is 1. The first-order valence-electron chi connectivity index (χ1n) is 9.06. The molecular formula is C21H19N3O2S2. The van der Waals surface area contributed by atoms with Crippen LogP contribution in [0.2, 0.25) is 0 Å². The number of amides is 1. The van der Waals surface area contributed by atoms with E-state index in [4.69, 9.17) is 15.0 Å². The molecule has 1 atom stereocenters. The molecule has 2 aromatic carbocycles. The lowest BCUT2D eigenvalue weighted by atomic mass is 10.1. The van der Waals surface area contributed by atoms with Crippen LogP contribution in [0.15, 0.2) is 47.4 Å². The van der Waals surface area contributed by atoms with Crippen LogP contribution < -0.4 is 4.90 Å². The maximum absolute atomic E-state index is 13.3. The van der Waals surface area contributed by atoms with E-state index in [1.807, 2.05) is 18.4 Å². The molecule has 28 heavy (non-hydrogen) atoms. The van der Waals surface area contributed by atoms with E-state index in [-0.39, 0.29) is 12.0 Å². The van der Waals surface area contributed by atoms with E-state index in [9.17, 15) is 4.79 Å². The molecule has 0 spiro atoms. The highest BCUT2D eigenvalue weighted by molar-refractivity contribution is 7.98. The lowest BCUT2D eigenvalue weighted by Crippen LogP contribution is -2.37. The van der Waals surface area contributed by atoms with Crippen LogP contribution in [0.5, 0.6) is 0 Å². The highest BCUT2D eigenvalue weighted by Gasteiger charge is 2.27. The summed E-state index contributed by atoms with van der Waals surface area (Å²) in [7, 11) is 0. The molecule has 0 aliphatic carbocycles. The average Bonchev–Trinajstić information content (AvgIpc) is 3.40. The number of rotatable bonds is 5. The number of hydrogen-bond donors (Lipinski definition) is 0. The second-order valence-electron chi connectivity index (χ2n) is 6.57. The van der Waals surface area contributed by atoms with E-state index in [1.54, 1.807) is 40.9 Å². The van der Waals surface area contributed by atoms with Crippen molar-refractivity contribution in [2.75, 3.05) is 24.3 Å². The van der Waals surface area contributed by atoms with Gasteiger partial charge in [-0.2, -0.15) is 5.26 Å². The number of anilines is 1. The van der Waals surface area contributed by atoms with Gasteiger partial charge in [0.05, 0.1) is 34.5 Å². The third-order valence-corrected chi connectivity index (χ3v) is 6.50. The van der Waals surface area contributed by atoms with Gasteiger partial charge in [0.2, 0.25) is 0 Å². The predicted molar refractivity (Wildman–Crippen MR) is 113 cm³/mol.